The molecule has 5 heteroatoms. The van der Waals surface area contributed by atoms with Gasteiger partial charge in [-0.1, -0.05) is 32.8 Å². The zero-order chi connectivity index (χ0) is 14.8. The Morgan fingerprint density at radius 1 is 1.33 bits per heavy atom. The van der Waals surface area contributed by atoms with E-state index in [1.807, 2.05) is 12.3 Å². The fourth-order valence-electron chi connectivity index (χ4n) is 2.05. The monoisotopic (exact) mass is 404 g/mol. The minimum absolute atomic E-state index is 0. The highest BCUT2D eigenvalue weighted by Crippen LogP contribution is 2.08. The van der Waals surface area contributed by atoms with Crippen LogP contribution < -0.4 is 11.1 Å². The average Bonchev–Trinajstić information content (AvgIpc) is 2.39. The molecule has 0 spiro atoms. The van der Waals surface area contributed by atoms with E-state index in [-0.39, 0.29) is 24.0 Å². The van der Waals surface area contributed by atoms with E-state index in [1.165, 1.54) is 18.4 Å². The molecule has 1 aromatic rings. The Kier molecular flexibility index (Phi) is 11.3. The van der Waals surface area contributed by atoms with Gasteiger partial charge in [0, 0.05) is 25.0 Å². The summed E-state index contributed by atoms with van der Waals surface area (Å²) >= 11 is 0. The quantitative estimate of drug-likeness (QED) is 0.397. The first-order valence-electron chi connectivity index (χ1n) is 7.53. The normalized spacial score (nSPS) is 12.9. The van der Waals surface area contributed by atoms with E-state index in [2.05, 4.69) is 42.1 Å². The standard InChI is InChI=1S/C16H28N4.HI/c1-13(2)6-4-7-14(3)20-16(17)19-11-9-15-8-5-10-18-12-15;/h5,8,10,12-14H,4,6-7,9,11H2,1-3H3,(H3,17,19,20);1H. The molecule has 0 aliphatic carbocycles. The van der Waals surface area contributed by atoms with Crippen molar-refractivity contribution in [3.8, 4) is 0 Å². The first kappa shape index (κ1) is 20.1. The molecule has 0 aromatic carbocycles. The molecule has 0 amide bonds. The van der Waals surface area contributed by atoms with Gasteiger partial charge in [0.1, 0.15) is 0 Å². The first-order chi connectivity index (χ1) is 9.58. The number of nitrogens with one attached hydrogen (secondary N) is 1. The molecular weight excluding hydrogens is 375 g/mol. The first-order valence-corrected chi connectivity index (χ1v) is 7.53. The van der Waals surface area contributed by atoms with Crippen LogP contribution in [0.4, 0.5) is 0 Å². The molecular formula is C16H29IN4. The van der Waals surface area contributed by atoms with E-state index < -0.39 is 0 Å². The fourth-order valence-corrected chi connectivity index (χ4v) is 2.05. The summed E-state index contributed by atoms with van der Waals surface area (Å²) in [5.74, 6) is 1.32. The van der Waals surface area contributed by atoms with Crippen LogP contribution in [0.1, 0.15) is 45.6 Å². The summed E-state index contributed by atoms with van der Waals surface area (Å²) in [5.41, 5.74) is 7.08. The van der Waals surface area contributed by atoms with Crippen LogP contribution in [-0.2, 0) is 6.42 Å². The van der Waals surface area contributed by atoms with Gasteiger partial charge in [0.2, 0.25) is 0 Å². The molecule has 0 aliphatic heterocycles. The maximum atomic E-state index is 5.89. The van der Waals surface area contributed by atoms with Crippen LogP contribution in [0.2, 0.25) is 0 Å². The molecule has 120 valence electrons. The van der Waals surface area contributed by atoms with Crippen LogP contribution in [0.15, 0.2) is 29.5 Å². The molecule has 1 heterocycles. The van der Waals surface area contributed by atoms with Crippen molar-refractivity contribution in [2.45, 2.75) is 52.5 Å². The van der Waals surface area contributed by atoms with Crippen molar-refractivity contribution in [2.24, 2.45) is 16.6 Å². The van der Waals surface area contributed by atoms with Crippen LogP contribution in [0.5, 0.6) is 0 Å². The van der Waals surface area contributed by atoms with Crippen molar-refractivity contribution < 1.29 is 0 Å². The van der Waals surface area contributed by atoms with E-state index in [1.54, 1.807) is 6.20 Å². The van der Waals surface area contributed by atoms with Gasteiger partial charge >= 0.3 is 0 Å². The smallest absolute Gasteiger partial charge is 0.188 e. The van der Waals surface area contributed by atoms with Crippen molar-refractivity contribution in [1.29, 1.82) is 0 Å². The van der Waals surface area contributed by atoms with Gasteiger partial charge in [-0.3, -0.25) is 9.98 Å². The fraction of sp³-hybridized carbons (Fsp3) is 0.625. The van der Waals surface area contributed by atoms with Gasteiger partial charge in [0.15, 0.2) is 5.96 Å². The van der Waals surface area contributed by atoms with Crippen molar-refractivity contribution in [2.75, 3.05) is 6.54 Å². The Bertz CT molecular complexity index is 393. The van der Waals surface area contributed by atoms with Crippen LogP contribution in [0.25, 0.3) is 0 Å². The number of rotatable bonds is 8. The topological polar surface area (TPSA) is 63.3 Å². The Labute approximate surface area is 146 Å². The van der Waals surface area contributed by atoms with Gasteiger partial charge in [0.05, 0.1) is 0 Å². The number of nitrogens with zero attached hydrogens (tertiary/aromatic N) is 2. The molecule has 0 saturated carbocycles. The summed E-state index contributed by atoms with van der Waals surface area (Å²) in [4.78, 5) is 8.44. The van der Waals surface area contributed by atoms with Crippen LogP contribution >= 0.6 is 24.0 Å². The molecule has 4 nitrogen and oxygen atoms in total. The number of aliphatic imine (C=N–C) groups is 1. The van der Waals surface area contributed by atoms with Crippen LogP contribution in [0, 0.1) is 5.92 Å². The lowest BCUT2D eigenvalue weighted by molar-refractivity contribution is 0.493. The number of hydrogen-bond donors (Lipinski definition) is 2. The number of hydrogen-bond acceptors (Lipinski definition) is 2. The maximum Gasteiger partial charge on any atom is 0.188 e. The van der Waals surface area contributed by atoms with Gasteiger partial charge in [-0.05, 0) is 37.3 Å². The van der Waals surface area contributed by atoms with E-state index in [9.17, 15) is 0 Å². The molecule has 1 atom stereocenters. The Balaban J connectivity index is 0.00000400. The highest BCUT2D eigenvalue weighted by atomic mass is 127. The average molecular weight is 404 g/mol. The second-order valence-corrected chi connectivity index (χ2v) is 5.75. The molecule has 0 fully saturated rings. The Morgan fingerprint density at radius 2 is 2.10 bits per heavy atom. The summed E-state index contributed by atoms with van der Waals surface area (Å²) < 4.78 is 0. The molecule has 1 unspecified atom stereocenters. The Hall–Kier alpha value is -0.850. The third-order valence-corrected chi connectivity index (χ3v) is 3.22. The zero-order valence-electron chi connectivity index (χ0n) is 13.4. The second-order valence-electron chi connectivity index (χ2n) is 5.75. The molecule has 3 N–H and O–H groups in total. The van der Waals surface area contributed by atoms with Crippen LogP contribution in [0.3, 0.4) is 0 Å². The van der Waals surface area contributed by atoms with E-state index in [0.29, 0.717) is 18.5 Å². The number of aromatic nitrogens is 1. The summed E-state index contributed by atoms with van der Waals surface area (Å²) in [6.45, 7) is 7.37. The van der Waals surface area contributed by atoms with E-state index >= 15 is 0 Å². The van der Waals surface area contributed by atoms with Gasteiger partial charge in [0.25, 0.3) is 0 Å². The summed E-state index contributed by atoms with van der Waals surface area (Å²) in [7, 11) is 0. The molecule has 0 aliphatic rings. The lowest BCUT2D eigenvalue weighted by Gasteiger charge is -2.15. The zero-order valence-corrected chi connectivity index (χ0v) is 15.7. The summed E-state index contributed by atoms with van der Waals surface area (Å²) in [5, 5.41) is 3.25. The number of guanidine groups is 1. The van der Waals surface area contributed by atoms with Crippen molar-refractivity contribution in [1.82, 2.24) is 10.3 Å². The number of pyridine rings is 1. The minimum Gasteiger partial charge on any atom is -0.370 e. The van der Waals surface area contributed by atoms with Crippen molar-refractivity contribution >= 4 is 29.9 Å². The number of halogens is 1. The second kappa shape index (κ2) is 11.8. The van der Waals surface area contributed by atoms with Gasteiger partial charge < -0.3 is 11.1 Å². The highest BCUT2D eigenvalue weighted by Gasteiger charge is 2.03. The molecule has 0 radical (unpaired) electrons. The van der Waals surface area contributed by atoms with E-state index in [4.69, 9.17) is 5.73 Å². The van der Waals surface area contributed by atoms with Gasteiger partial charge in [-0.15, -0.1) is 24.0 Å². The lowest BCUT2D eigenvalue weighted by atomic mass is 10.0. The molecule has 1 rings (SSSR count). The number of nitrogens with two attached hydrogens (primary N) is 1. The highest BCUT2D eigenvalue weighted by molar-refractivity contribution is 14.0. The third kappa shape index (κ3) is 10.5. The molecule has 0 bridgehead atoms. The van der Waals surface area contributed by atoms with Crippen molar-refractivity contribution in [3.05, 3.63) is 30.1 Å². The Morgan fingerprint density at radius 3 is 2.71 bits per heavy atom. The largest absolute Gasteiger partial charge is 0.370 e. The molecule has 0 saturated heterocycles. The van der Waals surface area contributed by atoms with Gasteiger partial charge in [-0.25, -0.2) is 0 Å². The summed E-state index contributed by atoms with van der Waals surface area (Å²) in [6.07, 6.45) is 8.16. The van der Waals surface area contributed by atoms with Crippen LogP contribution in [-0.4, -0.2) is 23.5 Å². The third-order valence-electron chi connectivity index (χ3n) is 3.22. The maximum absolute atomic E-state index is 5.89. The molecule has 21 heavy (non-hydrogen) atoms. The van der Waals surface area contributed by atoms with Crippen molar-refractivity contribution in [3.63, 3.8) is 0 Å². The lowest BCUT2D eigenvalue weighted by Crippen LogP contribution is -2.38. The van der Waals surface area contributed by atoms with E-state index in [0.717, 1.165) is 18.8 Å². The molecule has 1 aromatic heterocycles. The minimum atomic E-state index is 0. The van der Waals surface area contributed by atoms with Gasteiger partial charge in [-0.2, -0.15) is 0 Å². The predicted octanol–water partition coefficient (Wildman–Crippen LogP) is 3.36. The predicted molar refractivity (Wildman–Crippen MR) is 101 cm³/mol. The summed E-state index contributed by atoms with van der Waals surface area (Å²) in [6, 6.07) is 4.38. The SMILES string of the molecule is CC(C)CCCC(C)NC(N)=NCCc1cccnc1.I.